The van der Waals surface area contributed by atoms with E-state index < -0.39 is 18.0 Å². The lowest BCUT2D eigenvalue weighted by atomic mass is 10.1. The van der Waals surface area contributed by atoms with Gasteiger partial charge >= 0.3 is 12.0 Å². The van der Waals surface area contributed by atoms with Crippen molar-refractivity contribution in [3.05, 3.63) is 29.8 Å². The van der Waals surface area contributed by atoms with Crippen molar-refractivity contribution in [1.82, 2.24) is 10.6 Å². The van der Waals surface area contributed by atoms with Gasteiger partial charge < -0.3 is 20.5 Å². The Morgan fingerprint density at radius 2 is 2.05 bits per heavy atom. The standard InChI is InChI=1S/C15H22N2O4/c1-3-6-12(14(18)19)17-15(20)16-10-9-11-7-4-5-8-13(11)21-2/h4-5,7-8,12H,3,6,9-10H2,1-2H3,(H,18,19)(H2,16,17,20)/t12-/m0/s1. The molecule has 6 nitrogen and oxygen atoms in total. The third-order valence-electron chi connectivity index (χ3n) is 3.05. The quantitative estimate of drug-likeness (QED) is 0.682. The van der Waals surface area contributed by atoms with E-state index in [4.69, 9.17) is 9.84 Å². The molecule has 0 radical (unpaired) electrons. The summed E-state index contributed by atoms with van der Waals surface area (Å²) in [5.74, 6) is -0.245. The number of benzene rings is 1. The number of carbonyl (C=O) groups is 2. The van der Waals surface area contributed by atoms with Crippen LogP contribution in [0.25, 0.3) is 0 Å². The lowest BCUT2D eigenvalue weighted by Crippen LogP contribution is -2.46. The molecule has 1 atom stereocenters. The molecular formula is C15H22N2O4. The van der Waals surface area contributed by atoms with E-state index in [0.29, 0.717) is 25.8 Å². The Hall–Kier alpha value is -2.24. The van der Waals surface area contributed by atoms with Crippen molar-refractivity contribution in [2.75, 3.05) is 13.7 Å². The fourth-order valence-corrected chi connectivity index (χ4v) is 1.98. The molecular weight excluding hydrogens is 272 g/mol. The van der Waals surface area contributed by atoms with Crippen molar-refractivity contribution >= 4 is 12.0 Å². The first-order chi connectivity index (χ1) is 10.1. The Morgan fingerprint density at radius 1 is 1.33 bits per heavy atom. The van der Waals surface area contributed by atoms with Gasteiger partial charge in [0.15, 0.2) is 0 Å². The van der Waals surface area contributed by atoms with E-state index in [1.165, 1.54) is 0 Å². The molecule has 0 fully saturated rings. The number of aliphatic carboxylic acids is 1. The number of hydrogen-bond acceptors (Lipinski definition) is 3. The molecule has 0 bridgehead atoms. The zero-order valence-electron chi connectivity index (χ0n) is 12.4. The molecule has 6 heteroatoms. The van der Waals surface area contributed by atoms with Gasteiger partial charge in [0.1, 0.15) is 11.8 Å². The molecule has 0 aliphatic carbocycles. The first-order valence-corrected chi connectivity index (χ1v) is 6.97. The fraction of sp³-hybridized carbons (Fsp3) is 0.467. The number of amides is 2. The molecule has 0 aliphatic rings. The molecule has 1 rings (SSSR count). The van der Waals surface area contributed by atoms with Gasteiger partial charge in [0.05, 0.1) is 7.11 Å². The number of carboxylic acid groups (broad SMARTS) is 1. The van der Waals surface area contributed by atoms with Crippen LogP contribution in [0.3, 0.4) is 0 Å². The van der Waals surface area contributed by atoms with Gasteiger partial charge in [-0.15, -0.1) is 0 Å². The number of rotatable bonds is 8. The van der Waals surface area contributed by atoms with Crippen LogP contribution in [-0.2, 0) is 11.2 Å². The number of methoxy groups -OCH3 is 1. The van der Waals surface area contributed by atoms with Gasteiger partial charge in [-0.3, -0.25) is 0 Å². The Balaban J connectivity index is 2.41. The maximum Gasteiger partial charge on any atom is 0.326 e. The molecule has 3 N–H and O–H groups in total. The second kappa shape index (κ2) is 8.84. The maximum atomic E-state index is 11.7. The minimum atomic E-state index is -1.02. The van der Waals surface area contributed by atoms with Gasteiger partial charge in [0.25, 0.3) is 0 Å². The van der Waals surface area contributed by atoms with E-state index in [0.717, 1.165) is 11.3 Å². The average Bonchev–Trinajstić information content (AvgIpc) is 2.47. The third kappa shape index (κ3) is 5.72. The minimum absolute atomic E-state index is 0.407. The highest BCUT2D eigenvalue weighted by atomic mass is 16.5. The van der Waals surface area contributed by atoms with E-state index in [1.54, 1.807) is 7.11 Å². The number of hydrogen-bond donors (Lipinski definition) is 3. The summed E-state index contributed by atoms with van der Waals surface area (Å²) in [5.41, 5.74) is 0.989. The van der Waals surface area contributed by atoms with Crippen LogP contribution in [0.2, 0.25) is 0 Å². The predicted octanol–water partition coefficient (Wildman–Crippen LogP) is 1.79. The summed E-state index contributed by atoms with van der Waals surface area (Å²) in [6.45, 7) is 2.28. The van der Waals surface area contributed by atoms with Crippen molar-refractivity contribution in [3.8, 4) is 5.75 Å². The molecule has 0 saturated carbocycles. The number of para-hydroxylation sites is 1. The van der Waals surface area contributed by atoms with Gasteiger partial charge in [-0.1, -0.05) is 31.5 Å². The van der Waals surface area contributed by atoms with Gasteiger partial charge in [0.2, 0.25) is 0 Å². The summed E-state index contributed by atoms with van der Waals surface area (Å²) in [7, 11) is 1.60. The van der Waals surface area contributed by atoms with Crippen molar-refractivity contribution in [1.29, 1.82) is 0 Å². The van der Waals surface area contributed by atoms with E-state index in [9.17, 15) is 9.59 Å². The summed E-state index contributed by atoms with van der Waals surface area (Å²) in [5, 5.41) is 14.1. The first kappa shape index (κ1) is 16.8. The highest BCUT2D eigenvalue weighted by Gasteiger charge is 2.18. The summed E-state index contributed by atoms with van der Waals surface area (Å²) >= 11 is 0. The lowest BCUT2D eigenvalue weighted by molar-refractivity contribution is -0.139. The van der Waals surface area contributed by atoms with E-state index in [-0.39, 0.29) is 0 Å². The molecule has 2 amide bonds. The average molecular weight is 294 g/mol. The Morgan fingerprint density at radius 3 is 2.67 bits per heavy atom. The lowest BCUT2D eigenvalue weighted by Gasteiger charge is -2.14. The first-order valence-electron chi connectivity index (χ1n) is 6.97. The van der Waals surface area contributed by atoms with Crippen molar-refractivity contribution < 1.29 is 19.4 Å². The topological polar surface area (TPSA) is 87.7 Å². The maximum absolute atomic E-state index is 11.7. The second-order valence-electron chi connectivity index (χ2n) is 4.64. The number of nitrogens with one attached hydrogen (secondary N) is 2. The van der Waals surface area contributed by atoms with Crippen molar-refractivity contribution in [3.63, 3.8) is 0 Å². The minimum Gasteiger partial charge on any atom is -0.496 e. The smallest absolute Gasteiger partial charge is 0.326 e. The monoisotopic (exact) mass is 294 g/mol. The summed E-state index contributed by atoms with van der Waals surface area (Å²) in [4.78, 5) is 22.6. The molecule has 0 unspecified atom stereocenters. The summed E-state index contributed by atoms with van der Waals surface area (Å²) in [6.07, 6.45) is 1.72. The Kier molecular flexibility index (Phi) is 7.08. The van der Waals surface area contributed by atoms with Crippen LogP contribution in [0.1, 0.15) is 25.3 Å². The van der Waals surface area contributed by atoms with E-state index in [2.05, 4.69) is 10.6 Å². The normalized spacial score (nSPS) is 11.5. The van der Waals surface area contributed by atoms with Crippen molar-refractivity contribution in [2.24, 2.45) is 0 Å². The Labute approximate surface area is 124 Å². The van der Waals surface area contributed by atoms with Crippen LogP contribution in [-0.4, -0.2) is 36.8 Å². The highest BCUT2D eigenvalue weighted by molar-refractivity contribution is 5.82. The van der Waals surface area contributed by atoms with Gasteiger partial charge in [-0.05, 0) is 24.5 Å². The van der Waals surface area contributed by atoms with E-state index in [1.807, 2.05) is 31.2 Å². The zero-order valence-corrected chi connectivity index (χ0v) is 12.4. The van der Waals surface area contributed by atoms with Crippen LogP contribution in [0.4, 0.5) is 4.79 Å². The van der Waals surface area contributed by atoms with Crippen LogP contribution in [0, 0.1) is 0 Å². The molecule has 0 saturated heterocycles. The highest BCUT2D eigenvalue weighted by Crippen LogP contribution is 2.17. The second-order valence-corrected chi connectivity index (χ2v) is 4.64. The zero-order chi connectivity index (χ0) is 15.7. The molecule has 1 aromatic rings. The van der Waals surface area contributed by atoms with E-state index >= 15 is 0 Å². The third-order valence-corrected chi connectivity index (χ3v) is 3.05. The van der Waals surface area contributed by atoms with Gasteiger partial charge in [0, 0.05) is 6.54 Å². The number of urea groups is 1. The fourth-order valence-electron chi connectivity index (χ4n) is 1.98. The van der Waals surface area contributed by atoms with Crippen molar-refractivity contribution in [2.45, 2.75) is 32.2 Å². The SMILES string of the molecule is CCC[C@H](NC(=O)NCCc1ccccc1OC)C(=O)O. The number of ether oxygens (including phenoxy) is 1. The van der Waals surface area contributed by atoms with Crippen LogP contribution in [0.15, 0.2) is 24.3 Å². The molecule has 0 spiro atoms. The largest absolute Gasteiger partial charge is 0.496 e. The van der Waals surface area contributed by atoms with Gasteiger partial charge in [-0.2, -0.15) is 0 Å². The molecule has 0 aromatic heterocycles. The number of carbonyl (C=O) groups excluding carboxylic acids is 1. The summed E-state index contributed by atoms with van der Waals surface area (Å²) in [6, 6.07) is 6.25. The predicted molar refractivity (Wildman–Crippen MR) is 79.6 cm³/mol. The molecule has 21 heavy (non-hydrogen) atoms. The van der Waals surface area contributed by atoms with Crippen LogP contribution in [0.5, 0.6) is 5.75 Å². The van der Waals surface area contributed by atoms with Crippen LogP contribution >= 0.6 is 0 Å². The molecule has 0 aliphatic heterocycles. The van der Waals surface area contributed by atoms with Gasteiger partial charge in [-0.25, -0.2) is 9.59 Å². The number of carboxylic acids is 1. The molecule has 1 aromatic carbocycles. The molecule has 0 heterocycles. The summed E-state index contributed by atoms with van der Waals surface area (Å²) < 4.78 is 5.22. The van der Waals surface area contributed by atoms with Crippen LogP contribution < -0.4 is 15.4 Å². The Bertz CT molecular complexity index is 476. The molecule has 116 valence electrons.